The summed E-state index contributed by atoms with van der Waals surface area (Å²) >= 11 is 0. The lowest BCUT2D eigenvalue weighted by molar-refractivity contribution is -0.123. The second kappa shape index (κ2) is 8.68. The number of nitrogens with one attached hydrogen (secondary N) is 2. The fourth-order valence-electron chi connectivity index (χ4n) is 2.05. The summed E-state index contributed by atoms with van der Waals surface area (Å²) in [4.78, 5) is 24.7. The highest BCUT2D eigenvalue weighted by molar-refractivity contribution is 7.90. The Bertz CT molecular complexity index is 685. The van der Waals surface area contributed by atoms with Crippen LogP contribution in [0.1, 0.15) is 30.6 Å². The van der Waals surface area contributed by atoms with Gasteiger partial charge < -0.3 is 15.4 Å². The quantitative estimate of drug-likeness (QED) is 0.716. The molecule has 0 aromatic heterocycles. The van der Waals surface area contributed by atoms with Gasteiger partial charge in [0.25, 0.3) is 5.91 Å². The summed E-state index contributed by atoms with van der Waals surface area (Å²) in [6, 6.07) is 5.54. The summed E-state index contributed by atoms with van der Waals surface area (Å²) in [5.41, 5.74) is 0.279. The minimum atomic E-state index is -3.25. The Morgan fingerprint density at radius 2 is 1.79 bits per heavy atom. The average molecular weight is 356 g/mol. The molecule has 1 unspecified atom stereocenters. The van der Waals surface area contributed by atoms with Crippen molar-refractivity contribution in [3.05, 3.63) is 29.8 Å². The third-order valence-electron chi connectivity index (χ3n) is 3.18. The molecule has 2 N–H and O–H groups in total. The Morgan fingerprint density at radius 3 is 2.33 bits per heavy atom. The van der Waals surface area contributed by atoms with Gasteiger partial charge in [-0.1, -0.05) is 12.1 Å². The summed E-state index contributed by atoms with van der Waals surface area (Å²) in [6.07, 6.45) is 1.09. The Balaban J connectivity index is 2.93. The van der Waals surface area contributed by atoms with Gasteiger partial charge in [-0.15, -0.1) is 0 Å². The Kier molecular flexibility index (Phi) is 7.21. The molecule has 0 bridgehead atoms. The monoisotopic (exact) mass is 356 g/mol. The van der Waals surface area contributed by atoms with Gasteiger partial charge in [-0.25, -0.2) is 8.42 Å². The number of hydrogen-bond acceptors (Lipinski definition) is 5. The van der Waals surface area contributed by atoms with Crippen LogP contribution in [-0.4, -0.2) is 51.4 Å². The molecule has 0 saturated carbocycles. The zero-order valence-electron chi connectivity index (χ0n) is 14.3. The standard InChI is InChI=1S/C16H24N2O5S/c1-11(2)17-16(20)13(9-10-24(4,21)22)18-15(19)12-7-5-6-8-14(12)23-3/h5-8,11,13H,9-10H2,1-4H3,(H,17,20)(H,18,19). The van der Waals surface area contributed by atoms with E-state index in [2.05, 4.69) is 10.6 Å². The molecule has 1 aromatic carbocycles. The van der Waals surface area contributed by atoms with E-state index in [1.165, 1.54) is 7.11 Å². The second-order valence-electron chi connectivity index (χ2n) is 5.81. The highest BCUT2D eigenvalue weighted by atomic mass is 32.2. The van der Waals surface area contributed by atoms with Crippen LogP contribution in [0.25, 0.3) is 0 Å². The fraction of sp³-hybridized carbons (Fsp3) is 0.500. The molecule has 0 heterocycles. The van der Waals surface area contributed by atoms with Crippen molar-refractivity contribution in [1.29, 1.82) is 0 Å². The summed E-state index contributed by atoms with van der Waals surface area (Å²) < 4.78 is 27.9. The molecule has 134 valence electrons. The van der Waals surface area contributed by atoms with E-state index < -0.39 is 27.7 Å². The van der Waals surface area contributed by atoms with Crippen molar-refractivity contribution in [2.45, 2.75) is 32.4 Å². The lowest BCUT2D eigenvalue weighted by atomic mass is 10.1. The van der Waals surface area contributed by atoms with E-state index in [-0.39, 0.29) is 23.8 Å². The van der Waals surface area contributed by atoms with Gasteiger partial charge in [0.1, 0.15) is 21.6 Å². The highest BCUT2D eigenvalue weighted by Gasteiger charge is 2.24. The van der Waals surface area contributed by atoms with Gasteiger partial charge in [0.05, 0.1) is 18.4 Å². The SMILES string of the molecule is COc1ccccc1C(=O)NC(CCS(C)(=O)=O)C(=O)NC(C)C. The van der Waals surface area contributed by atoms with Crippen LogP contribution in [-0.2, 0) is 14.6 Å². The molecule has 0 spiro atoms. The van der Waals surface area contributed by atoms with Crippen molar-refractivity contribution in [1.82, 2.24) is 10.6 Å². The van der Waals surface area contributed by atoms with E-state index in [4.69, 9.17) is 4.74 Å². The maximum absolute atomic E-state index is 12.4. The van der Waals surface area contributed by atoms with Gasteiger partial charge in [0.2, 0.25) is 5.91 Å². The highest BCUT2D eigenvalue weighted by Crippen LogP contribution is 2.17. The summed E-state index contributed by atoms with van der Waals surface area (Å²) in [5, 5.41) is 5.28. The van der Waals surface area contributed by atoms with Gasteiger partial charge in [-0.05, 0) is 32.4 Å². The molecule has 2 amide bonds. The lowest BCUT2D eigenvalue weighted by Gasteiger charge is -2.20. The Morgan fingerprint density at radius 1 is 1.17 bits per heavy atom. The molecule has 1 rings (SSSR count). The number of hydrogen-bond donors (Lipinski definition) is 2. The number of ether oxygens (including phenoxy) is 1. The third kappa shape index (κ3) is 6.57. The van der Waals surface area contributed by atoms with Crippen molar-refractivity contribution in [2.24, 2.45) is 0 Å². The molecule has 0 aliphatic heterocycles. The number of methoxy groups -OCH3 is 1. The van der Waals surface area contributed by atoms with Crippen LogP contribution in [0, 0.1) is 0 Å². The van der Waals surface area contributed by atoms with Crippen molar-refractivity contribution in [2.75, 3.05) is 19.1 Å². The summed E-state index contributed by atoms with van der Waals surface area (Å²) in [6.45, 7) is 3.57. The van der Waals surface area contributed by atoms with Crippen molar-refractivity contribution >= 4 is 21.7 Å². The van der Waals surface area contributed by atoms with E-state index in [0.29, 0.717) is 5.75 Å². The normalized spacial score (nSPS) is 12.5. The molecular weight excluding hydrogens is 332 g/mol. The van der Waals surface area contributed by atoms with Crippen molar-refractivity contribution in [3.8, 4) is 5.75 Å². The maximum Gasteiger partial charge on any atom is 0.255 e. The van der Waals surface area contributed by atoms with Crippen LogP contribution in [0.4, 0.5) is 0 Å². The molecule has 1 atom stereocenters. The number of carbonyl (C=O) groups is 2. The molecular formula is C16H24N2O5S. The molecule has 0 radical (unpaired) electrons. The van der Waals surface area contributed by atoms with Gasteiger partial charge >= 0.3 is 0 Å². The lowest BCUT2D eigenvalue weighted by Crippen LogP contribution is -2.49. The molecule has 0 aliphatic carbocycles. The van der Waals surface area contributed by atoms with Gasteiger partial charge in [0, 0.05) is 12.3 Å². The number of amides is 2. The number of carbonyl (C=O) groups excluding carboxylic acids is 2. The molecule has 7 nitrogen and oxygen atoms in total. The van der Waals surface area contributed by atoms with Gasteiger partial charge in [-0.3, -0.25) is 9.59 Å². The first kappa shape index (κ1) is 20.0. The first-order chi connectivity index (χ1) is 11.1. The van der Waals surface area contributed by atoms with E-state index in [0.717, 1.165) is 6.26 Å². The minimum Gasteiger partial charge on any atom is -0.496 e. The minimum absolute atomic E-state index is 0.00171. The molecule has 0 fully saturated rings. The molecule has 1 aromatic rings. The molecule has 0 saturated heterocycles. The Labute approximate surface area is 142 Å². The van der Waals surface area contributed by atoms with Crippen LogP contribution in [0.15, 0.2) is 24.3 Å². The first-order valence-corrected chi connectivity index (χ1v) is 9.62. The summed E-state index contributed by atoms with van der Waals surface area (Å²) in [5.74, 6) is -0.738. The van der Waals surface area contributed by atoms with Crippen LogP contribution in [0.2, 0.25) is 0 Å². The number of para-hydroxylation sites is 1. The number of benzene rings is 1. The smallest absolute Gasteiger partial charge is 0.255 e. The van der Waals surface area contributed by atoms with E-state index >= 15 is 0 Å². The van der Waals surface area contributed by atoms with Crippen LogP contribution in [0.5, 0.6) is 5.75 Å². The molecule has 8 heteroatoms. The topological polar surface area (TPSA) is 102 Å². The Hall–Kier alpha value is -2.09. The zero-order chi connectivity index (χ0) is 18.3. The summed E-state index contributed by atoms with van der Waals surface area (Å²) in [7, 11) is -1.81. The second-order valence-corrected chi connectivity index (χ2v) is 8.07. The molecule has 0 aliphatic rings. The predicted molar refractivity (Wildman–Crippen MR) is 91.9 cm³/mol. The van der Waals surface area contributed by atoms with E-state index in [9.17, 15) is 18.0 Å². The molecule has 24 heavy (non-hydrogen) atoms. The van der Waals surface area contributed by atoms with Crippen LogP contribution in [0.3, 0.4) is 0 Å². The number of rotatable bonds is 8. The van der Waals surface area contributed by atoms with Crippen LogP contribution >= 0.6 is 0 Å². The van der Waals surface area contributed by atoms with Gasteiger partial charge in [0.15, 0.2) is 0 Å². The van der Waals surface area contributed by atoms with E-state index in [1.54, 1.807) is 38.1 Å². The first-order valence-electron chi connectivity index (χ1n) is 7.56. The number of sulfone groups is 1. The zero-order valence-corrected chi connectivity index (χ0v) is 15.1. The largest absolute Gasteiger partial charge is 0.496 e. The fourth-order valence-corrected chi connectivity index (χ4v) is 2.72. The van der Waals surface area contributed by atoms with Crippen LogP contribution < -0.4 is 15.4 Å². The maximum atomic E-state index is 12.4. The third-order valence-corrected chi connectivity index (χ3v) is 4.16. The van der Waals surface area contributed by atoms with E-state index in [1.807, 2.05) is 0 Å². The van der Waals surface area contributed by atoms with Gasteiger partial charge in [-0.2, -0.15) is 0 Å². The van der Waals surface area contributed by atoms with Crippen molar-refractivity contribution in [3.63, 3.8) is 0 Å². The van der Waals surface area contributed by atoms with Crippen molar-refractivity contribution < 1.29 is 22.7 Å². The predicted octanol–water partition coefficient (Wildman–Crippen LogP) is 0.753. The average Bonchev–Trinajstić information content (AvgIpc) is 2.49.